The third-order valence-electron chi connectivity index (χ3n) is 3.94. The summed E-state index contributed by atoms with van der Waals surface area (Å²) >= 11 is 1.31. The number of aliphatic imine (C=N–C) groups is 1. The van der Waals surface area contributed by atoms with Gasteiger partial charge in [0.05, 0.1) is 32.8 Å². The van der Waals surface area contributed by atoms with Gasteiger partial charge in [0.25, 0.3) is 5.91 Å². The molecule has 0 radical (unpaired) electrons. The van der Waals surface area contributed by atoms with E-state index in [1.54, 1.807) is 33.5 Å². The number of hydrogen-bond acceptors (Lipinski definition) is 6. The van der Waals surface area contributed by atoms with Crippen LogP contribution in [0.5, 0.6) is 17.2 Å². The predicted molar refractivity (Wildman–Crippen MR) is 107 cm³/mol. The van der Waals surface area contributed by atoms with Gasteiger partial charge in [-0.25, -0.2) is 0 Å². The molecule has 0 aliphatic carbocycles. The van der Waals surface area contributed by atoms with Gasteiger partial charge in [0, 0.05) is 11.6 Å². The van der Waals surface area contributed by atoms with E-state index in [1.165, 1.54) is 11.8 Å². The lowest BCUT2D eigenvalue weighted by Gasteiger charge is -2.07. The quantitative estimate of drug-likeness (QED) is 0.773. The summed E-state index contributed by atoms with van der Waals surface area (Å²) in [4.78, 5) is 17.3. The number of ether oxygens (including phenoxy) is 3. The highest BCUT2D eigenvalue weighted by Gasteiger charge is 2.24. The van der Waals surface area contributed by atoms with Gasteiger partial charge in [-0.05, 0) is 47.7 Å². The summed E-state index contributed by atoms with van der Waals surface area (Å²) in [6.07, 6.45) is 1.79. The average molecular weight is 384 g/mol. The van der Waals surface area contributed by atoms with Crippen molar-refractivity contribution in [1.29, 1.82) is 0 Å². The van der Waals surface area contributed by atoms with E-state index in [2.05, 4.69) is 10.3 Å². The van der Waals surface area contributed by atoms with Crippen molar-refractivity contribution in [2.75, 3.05) is 21.3 Å². The summed E-state index contributed by atoms with van der Waals surface area (Å²) in [5.74, 6) is 1.96. The second kappa shape index (κ2) is 8.64. The summed E-state index contributed by atoms with van der Waals surface area (Å²) in [5, 5.41) is 3.37. The second-order valence-corrected chi connectivity index (χ2v) is 6.67. The van der Waals surface area contributed by atoms with Crippen molar-refractivity contribution in [3.8, 4) is 17.2 Å². The molecule has 0 bridgehead atoms. The normalized spacial score (nSPS) is 16.5. The lowest BCUT2D eigenvalue weighted by molar-refractivity contribution is -0.115. The van der Waals surface area contributed by atoms with Crippen molar-refractivity contribution in [3.05, 3.63) is 58.5 Å². The molecule has 0 aromatic heterocycles. The Morgan fingerprint density at radius 2 is 1.70 bits per heavy atom. The Bertz CT molecular complexity index is 891. The number of amidine groups is 1. The van der Waals surface area contributed by atoms with E-state index in [0.717, 1.165) is 16.9 Å². The second-order valence-electron chi connectivity index (χ2n) is 5.64. The molecule has 0 atom stereocenters. The first-order valence-corrected chi connectivity index (χ1v) is 9.05. The molecular formula is C20H20N2O4S. The van der Waals surface area contributed by atoms with Crippen molar-refractivity contribution < 1.29 is 19.0 Å². The SMILES string of the molecule is COc1ccc(CN=C2NC(=O)/C(=C/c3ccc(OC)cc3OC)S2)cc1. The third kappa shape index (κ3) is 4.62. The minimum absolute atomic E-state index is 0.175. The molecule has 0 unspecified atom stereocenters. The summed E-state index contributed by atoms with van der Waals surface area (Å²) in [5.41, 5.74) is 1.83. The molecule has 3 rings (SSSR count). The molecule has 27 heavy (non-hydrogen) atoms. The zero-order valence-corrected chi connectivity index (χ0v) is 16.1. The molecule has 1 amide bonds. The first-order chi connectivity index (χ1) is 13.1. The molecule has 140 valence electrons. The van der Waals surface area contributed by atoms with Crippen LogP contribution >= 0.6 is 11.8 Å². The van der Waals surface area contributed by atoms with Crippen molar-refractivity contribution in [3.63, 3.8) is 0 Å². The molecule has 0 spiro atoms. The number of thioether (sulfide) groups is 1. The van der Waals surface area contributed by atoms with Crippen LogP contribution in [0.3, 0.4) is 0 Å². The molecule has 1 saturated heterocycles. The van der Waals surface area contributed by atoms with Crippen molar-refractivity contribution >= 4 is 28.9 Å². The van der Waals surface area contributed by atoms with Crippen LogP contribution in [0.4, 0.5) is 0 Å². The van der Waals surface area contributed by atoms with E-state index in [4.69, 9.17) is 14.2 Å². The first kappa shape index (κ1) is 18.8. The highest BCUT2D eigenvalue weighted by molar-refractivity contribution is 8.18. The summed E-state index contributed by atoms with van der Waals surface area (Å²) < 4.78 is 15.7. The minimum Gasteiger partial charge on any atom is -0.497 e. The van der Waals surface area contributed by atoms with Gasteiger partial charge in [0.1, 0.15) is 17.2 Å². The number of methoxy groups -OCH3 is 3. The number of benzene rings is 2. The Kier molecular flexibility index (Phi) is 6.03. The first-order valence-electron chi connectivity index (χ1n) is 8.23. The molecule has 1 heterocycles. The Morgan fingerprint density at radius 1 is 1.00 bits per heavy atom. The van der Waals surface area contributed by atoms with E-state index >= 15 is 0 Å². The Balaban J connectivity index is 1.73. The lowest BCUT2D eigenvalue weighted by Crippen LogP contribution is -2.19. The predicted octanol–water partition coefficient (Wildman–Crippen LogP) is 3.47. The molecular weight excluding hydrogens is 364 g/mol. The maximum Gasteiger partial charge on any atom is 0.264 e. The maximum absolute atomic E-state index is 12.2. The van der Waals surface area contributed by atoms with Crippen LogP contribution < -0.4 is 19.5 Å². The topological polar surface area (TPSA) is 69.2 Å². The van der Waals surface area contributed by atoms with Crippen LogP contribution in [0.1, 0.15) is 11.1 Å². The van der Waals surface area contributed by atoms with Gasteiger partial charge in [0.15, 0.2) is 5.17 Å². The highest BCUT2D eigenvalue weighted by Crippen LogP contribution is 2.31. The van der Waals surface area contributed by atoms with Crippen LogP contribution in [-0.2, 0) is 11.3 Å². The van der Waals surface area contributed by atoms with E-state index < -0.39 is 0 Å². The summed E-state index contributed by atoms with van der Waals surface area (Å²) in [7, 11) is 4.81. The number of rotatable bonds is 6. The fourth-order valence-corrected chi connectivity index (χ4v) is 3.29. The van der Waals surface area contributed by atoms with Crippen molar-refractivity contribution in [2.24, 2.45) is 4.99 Å². The Hall–Kier alpha value is -2.93. The Labute approximate surface area is 162 Å². The molecule has 1 N–H and O–H groups in total. The average Bonchev–Trinajstić information content (AvgIpc) is 3.06. The molecule has 2 aromatic rings. The molecule has 1 aliphatic rings. The van der Waals surface area contributed by atoms with Gasteiger partial charge in [0.2, 0.25) is 0 Å². The number of carbonyl (C=O) groups excluding carboxylic acids is 1. The molecule has 0 saturated carbocycles. The van der Waals surface area contributed by atoms with Gasteiger partial charge in [-0.2, -0.15) is 0 Å². The monoisotopic (exact) mass is 384 g/mol. The fraction of sp³-hybridized carbons (Fsp3) is 0.200. The number of nitrogens with one attached hydrogen (secondary N) is 1. The highest BCUT2D eigenvalue weighted by atomic mass is 32.2. The smallest absolute Gasteiger partial charge is 0.264 e. The van der Waals surface area contributed by atoms with Gasteiger partial charge in [-0.15, -0.1) is 0 Å². The zero-order valence-electron chi connectivity index (χ0n) is 15.3. The summed E-state index contributed by atoms with van der Waals surface area (Å²) in [6.45, 7) is 0.478. The van der Waals surface area contributed by atoms with Gasteiger partial charge >= 0.3 is 0 Å². The van der Waals surface area contributed by atoms with Gasteiger partial charge in [-0.3, -0.25) is 9.79 Å². The van der Waals surface area contributed by atoms with Crippen LogP contribution in [-0.4, -0.2) is 32.4 Å². The number of nitrogens with zero attached hydrogens (tertiary/aromatic N) is 1. The summed E-state index contributed by atoms with van der Waals surface area (Å²) in [6, 6.07) is 13.1. The van der Waals surface area contributed by atoms with Gasteiger partial charge < -0.3 is 19.5 Å². The van der Waals surface area contributed by atoms with E-state index in [9.17, 15) is 4.79 Å². The largest absolute Gasteiger partial charge is 0.497 e. The molecule has 7 heteroatoms. The van der Waals surface area contributed by atoms with E-state index in [-0.39, 0.29) is 5.91 Å². The molecule has 2 aromatic carbocycles. The number of carbonyl (C=O) groups is 1. The molecule has 1 fully saturated rings. The standard InChI is InChI=1S/C20H20N2O4S/c1-24-15-7-4-13(5-8-15)12-21-20-22-19(23)18(27-20)10-14-6-9-16(25-2)11-17(14)26-3/h4-11H,12H2,1-3H3,(H,21,22,23)/b18-10-. The third-order valence-corrected chi connectivity index (χ3v) is 4.89. The molecule has 1 aliphatic heterocycles. The van der Waals surface area contributed by atoms with E-state index in [0.29, 0.717) is 28.1 Å². The lowest BCUT2D eigenvalue weighted by atomic mass is 10.1. The van der Waals surface area contributed by atoms with Crippen LogP contribution in [0.15, 0.2) is 52.4 Å². The minimum atomic E-state index is -0.175. The van der Waals surface area contributed by atoms with Crippen LogP contribution in [0.2, 0.25) is 0 Å². The fourth-order valence-electron chi connectivity index (χ4n) is 2.47. The van der Waals surface area contributed by atoms with E-state index in [1.807, 2.05) is 36.4 Å². The van der Waals surface area contributed by atoms with Crippen molar-refractivity contribution in [2.45, 2.75) is 6.54 Å². The zero-order chi connectivity index (χ0) is 19.2. The van der Waals surface area contributed by atoms with Gasteiger partial charge in [-0.1, -0.05) is 12.1 Å². The molecule has 6 nitrogen and oxygen atoms in total. The number of amides is 1. The Morgan fingerprint density at radius 3 is 2.37 bits per heavy atom. The van der Waals surface area contributed by atoms with Crippen LogP contribution in [0.25, 0.3) is 6.08 Å². The van der Waals surface area contributed by atoms with Crippen LogP contribution in [0, 0.1) is 0 Å². The maximum atomic E-state index is 12.2. The van der Waals surface area contributed by atoms with Crippen molar-refractivity contribution in [1.82, 2.24) is 5.32 Å². The number of hydrogen-bond donors (Lipinski definition) is 1.